The maximum atomic E-state index is 11.8. The molecule has 0 saturated heterocycles. The van der Waals surface area contributed by atoms with E-state index < -0.39 is 5.97 Å². The van der Waals surface area contributed by atoms with Gasteiger partial charge in [-0.25, -0.2) is 9.48 Å². The van der Waals surface area contributed by atoms with Crippen LogP contribution in [0.5, 0.6) is 0 Å². The Hall–Kier alpha value is -1.43. The van der Waals surface area contributed by atoms with Crippen molar-refractivity contribution >= 4 is 5.97 Å². The predicted molar refractivity (Wildman–Crippen MR) is 71.0 cm³/mol. The van der Waals surface area contributed by atoms with Crippen molar-refractivity contribution in [3.8, 4) is 0 Å². The van der Waals surface area contributed by atoms with E-state index in [1.807, 2.05) is 6.92 Å². The lowest BCUT2D eigenvalue weighted by Crippen LogP contribution is -2.14. The number of rotatable bonds is 8. The molecule has 0 aliphatic carbocycles. The Bertz CT molecular complexity index is 400. The molecular formula is C13H23N3O3. The maximum Gasteiger partial charge on any atom is 0.360 e. The summed E-state index contributed by atoms with van der Waals surface area (Å²) in [5.41, 5.74) is 1.05. The summed E-state index contributed by atoms with van der Waals surface area (Å²) in [6.45, 7) is 7.55. The monoisotopic (exact) mass is 269 g/mol. The third-order valence-electron chi connectivity index (χ3n) is 3.28. The number of carbonyl (C=O) groups is 1. The molecule has 19 heavy (non-hydrogen) atoms. The van der Waals surface area contributed by atoms with E-state index in [0.29, 0.717) is 18.2 Å². The molecule has 0 aliphatic heterocycles. The van der Waals surface area contributed by atoms with Crippen LogP contribution in [-0.4, -0.2) is 41.3 Å². The van der Waals surface area contributed by atoms with Gasteiger partial charge in [0.25, 0.3) is 0 Å². The van der Waals surface area contributed by atoms with Gasteiger partial charge in [-0.15, -0.1) is 5.10 Å². The molecule has 0 unspecified atom stereocenters. The van der Waals surface area contributed by atoms with Crippen molar-refractivity contribution in [1.82, 2.24) is 15.0 Å². The molecule has 0 bridgehead atoms. The normalized spacial score (nSPS) is 11.0. The minimum atomic E-state index is -0.439. The Morgan fingerprint density at radius 2 is 2.00 bits per heavy atom. The summed E-state index contributed by atoms with van der Waals surface area (Å²) in [4.78, 5) is 11.8. The van der Waals surface area contributed by atoms with Gasteiger partial charge in [-0.3, -0.25) is 0 Å². The number of ether oxygens (including phenoxy) is 2. The summed E-state index contributed by atoms with van der Waals surface area (Å²) in [5.74, 6) is 0.114. The molecule has 108 valence electrons. The summed E-state index contributed by atoms with van der Waals surface area (Å²) in [7, 11) is 1.56. The Labute approximate surface area is 114 Å². The van der Waals surface area contributed by atoms with Crippen LogP contribution in [0.4, 0.5) is 0 Å². The molecule has 6 heteroatoms. The summed E-state index contributed by atoms with van der Waals surface area (Å²) in [5, 5.41) is 7.95. The Morgan fingerprint density at radius 1 is 1.32 bits per heavy atom. The minimum Gasteiger partial charge on any atom is -0.458 e. The summed E-state index contributed by atoms with van der Waals surface area (Å²) in [6, 6.07) is 0. The first kappa shape index (κ1) is 15.6. The fourth-order valence-corrected chi connectivity index (χ4v) is 1.80. The van der Waals surface area contributed by atoms with E-state index in [-0.39, 0.29) is 6.61 Å². The molecule has 1 aromatic rings. The molecule has 0 N–H and O–H groups in total. The molecule has 0 aliphatic rings. The molecule has 0 amide bonds. The minimum absolute atomic E-state index is 0.230. The number of esters is 1. The lowest BCUT2D eigenvalue weighted by molar-refractivity contribution is 0.0380. The van der Waals surface area contributed by atoms with Crippen molar-refractivity contribution in [2.75, 3.05) is 20.3 Å². The van der Waals surface area contributed by atoms with E-state index in [0.717, 1.165) is 25.1 Å². The Morgan fingerprint density at radius 3 is 2.58 bits per heavy atom. The molecule has 6 nitrogen and oxygen atoms in total. The van der Waals surface area contributed by atoms with Crippen molar-refractivity contribution in [3.05, 3.63) is 11.4 Å². The van der Waals surface area contributed by atoms with Gasteiger partial charge in [0.05, 0.1) is 12.3 Å². The van der Waals surface area contributed by atoms with Crippen LogP contribution in [0.15, 0.2) is 0 Å². The standard InChI is InChI=1S/C13H23N3O3/c1-5-11(6-2)9-16-10(3)12(14-15-16)13(17)19-8-7-18-4/h11H,5-9H2,1-4H3. The first-order chi connectivity index (χ1) is 9.13. The zero-order valence-corrected chi connectivity index (χ0v) is 12.2. The van der Waals surface area contributed by atoms with E-state index in [4.69, 9.17) is 9.47 Å². The third kappa shape index (κ3) is 4.31. The molecular weight excluding hydrogens is 246 g/mol. The van der Waals surface area contributed by atoms with E-state index in [9.17, 15) is 4.79 Å². The zero-order chi connectivity index (χ0) is 14.3. The molecule has 1 heterocycles. The Balaban J connectivity index is 2.66. The van der Waals surface area contributed by atoms with Gasteiger partial charge < -0.3 is 9.47 Å². The van der Waals surface area contributed by atoms with E-state index in [1.54, 1.807) is 11.8 Å². The van der Waals surface area contributed by atoms with E-state index in [2.05, 4.69) is 24.2 Å². The van der Waals surface area contributed by atoms with Gasteiger partial charge in [-0.2, -0.15) is 0 Å². The van der Waals surface area contributed by atoms with Gasteiger partial charge in [0.2, 0.25) is 0 Å². The first-order valence-corrected chi connectivity index (χ1v) is 6.70. The molecule has 0 fully saturated rings. The highest BCUT2D eigenvalue weighted by Crippen LogP contribution is 2.13. The summed E-state index contributed by atoms with van der Waals surface area (Å²) in [6.07, 6.45) is 2.17. The second kappa shape index (κ2) is 7.89. The average molecular weight is 269 g/mol. The fraction of sp³-hybridized carbons (Fsp3) is 0.769. The number of nitrogens with zero attached hydrogens (tertiary/aromatic N) is 3. The molecule has 0 spiro atoms. The highest BCUT2D eigenvalue weighted by Gasteiger charge is 2.18. The fourth-order valence-electron chi connectivity index (χ4n) is 1.80. The molecule has 0 aromatic carbocycles. The molecule has 1 rings (SSSR count). The van der Waals surface area contributed by atoms with Crippen LogP contribution in [0.2, 0.25) is 0 Å². The van der Waals surface area contributed by atoms with Gasteiger partial charge in [0.1, 0.15) is 6.61 Å². The van der Waals surface area contributed by atoms with Gasteiger partial charge >= 0.3 is 5.97 Å². The van der Waals surface area contributed by atoms with Crippen molar-refractivity contribution in [1.29, 1.82) is 0 Å². The number of aromatic nitrogens is 3. The van der Waals surface area contributed by atoms with Gasteiger partial charge in [0.15, 0.2) is 5.69 Å². The largest absolute Gasteiger partial charge is 0.458 e. The zero-order valence-electron chi connectivity index (χ0n) is 12.2. The average Bonchev–Trinajstić information content (AvgIpc) is 2.77. The topological polar surface area (TPSA) is 66.2 Å². The quantitative estimate of drug-likeness (QED) is 0.532. The number of carbonyl (C=O) groups excluding carboxylic acids is 1. The van der Waals surface area contributed by atoms with Crippen molar-refractivity contribution in [2.24, 2.45) is 5.92 Å². The number of hydrogen-bond acceptors (Lipinski definition) is 5. The lowest BCUT2D eigenvalue weighted by atomic mass is 10.0. The van der Waals surface area contributed by atoms with E-state index in [1.165, 1.54) is 0 Å². The van der Waals surface area contributed by atoms with Crippen molar-refractivity contribution in [2.45, 2.75) is 40.2 Å². The second-order valence-corrected chi connectivity index (χ2v) is 4.52. The van der Waals surface area contributed by atoms with Crippen LogP contribution in [-0.2, 0) is 16.0 Å². The predicted octanol–water partition coefficient (Wildman–Crippen LogP) is 1.83. The third-order valence-corrected chi connectivity index (χ3v) is 3.28. The Kier molecular flexibility index (Phi) is 6.49. The first-order valence-electron chi connectivity index (χ1n) is 6.70. The lowest BCUT2D eigenvalue weighted by Gasteiger charge is -2.12. The van der Waals surface area contributed by atoms with Crippen molar-refractivity contribution in [3.63, 3.8) is 0 Å². The molecule has 0 radical (unpaired) electrons. The van der Waals surface area contributed by atoms with Crippen LogP contribution in [0.3, 0.4) is 0 Å². The van der Waals surface area contributed by atoms with Crippen LogP contribution in [0.1, 0.15) is 42.9 Å². The van der Waals surface area contributed by atoms with Crippen LogP contribution in [0, 0.1) is 12.8 Å². The summed E-state index contributed by atoms with van der Waals surface area (Å²) >= 11 is 0. The molecule has 0 atom stereocenters. The summed E-state index contributed by atoms with van der Waals surface area (Å²) < 4.78 is 11.6. The molecule has 1 aromatic heterocycles. The number of hydrogen-bond donors (Lipinski definition) is 0. The van der Waals surface area contributed by atoms with Gasteiger partial charge in [0, 0.05) is 13.7 Å². The SMILES string of the molecule is CCC(CC)Cn1nnc(C(=O)OCCOC)c1C. The van der Waals surface area contributed by atoms with Crippen LogP contribution in [0.25, 0.3) is 0 Å². The van der Waals surface area contributed by atoms with Crippen LogP contribution < -0.4 is 0 Å². The van der Waals surface area contributed by atoms with Crippen LogP contribution >= 0.6 is 0 Å². The number of methoxy groups -OCH3 is 1. The van der Waals surface area contributed by atoms with Gasteiger partial charge in [-0.05, 0) is 12.8 Å². The smallest absolute Gasteiger partial charge is 0.360 e. The van der Waals surface area contributed by atoms with Gasteiger partial charge in [-0.1, -0.05) is 31.9 Å². The van der Waals surface area contributed by atoms with Crippen molar-refractivity contribution < 1.29 is 14.3 Å². The second-order valence-electron chi connectivity index (χ2n) is 4.52. The van der Waals surface area contributed by atoms with E-state index >= 15 is 0 Å². The maximum absolute atomic E-state index is 11.8. The highest BCUT2D eigenvalue weighted by atomic mass is 16.6. The molecule has 0 saturated carbocycles. The highest BCUT2D eigenvalue weighted by molar-refractivity contribution is 5.88.